The highest BCUT2D eigenvalue weighted by Gasteiger charge is 2.21. The summed E-state index contributed by atoms with van der Waals surface area (Å²) >= 11 is 0. The van der Waals surface area contributed by atoms with Gasteiger partial charge in [-0.15, -0.1) is 0 Å². The summed E-state index contributed by atoms with van der Waals surface area (Å²) in [6, 6.07) is 9.08. The van der Waals surface area contributed by atoms with Gasteiger partial charge in [-0.25, -0.2) is 0 Å². The fraction of sp³-hybridized carbons (Fsp3) is 0.652. The van der Waals surface area contributed by atoms with Crippen LogP contribution in [0.15, 0.2) is 24.3 Å². The van der Waals surface area contributed by atoms with Gasteiger partial charge in [-0.2, -0.15) is 0 Å². The quantitative estimate of drug-likeness (QED) is 0.373. The van der Waals surface area contributed by atoms with Crippen molar-refractivity contribution in [3.8, 4) is 11.8 Å². The van der Waals surface area contributed by atoms with Gasteiger partial charge >= 0.3 is 0 Å². The van der Waals surface area contributed by atoms with E-state index in [0.29, 0.717) is 0 Å². The minimum atomic E-state index is 0.791. The maximum absolute atomic E-state index is 3.27. The molecule has 0 aliphatic heterocycles. The summed E-state index contributed by atoms with van der Waals surface area (Å²) in [5.74, 6) is 8.29. The smallest absolute Gasteiger partial charge is 0.0245 e. The van der Waals surface area contributed by atoms with Crippen molar-refractivity contribution in [2.75, 3.05) is 0 Å². The molecular weight excluding hydrogens is 276 g/mol. The van der Waals surface area contributed by atoms with Gasteiger partial charge in [0.15, 0.2) is 0 Å². The molecule has 0 amide bonds. The lowest BCUT2D eigenvalue weighted by Gasteiger charge is -2.29. The Morgan fingerprint density at radius 1 is 0.870 bits per heavy atom. The van der Waals surface area contributed by atoms with Crippen molar-refractivity contribution in [3.05, 3.63) is 35.4 Å². The molecule has 0 radical (unpaired) electrons. The Hall–Kier alpha value is -1.22. The molecule has 126 valence electrons. The number of hydrogen-bond acceptors (Lipinski definition) is 0. The Morgan fingerprint density at radius 3 is 2.26 bits per heavy atom. The van der Waals surface area contributed by atoms with E-state index in [9.17, 15) is 0 Å². The van der Waals surface area contributed by atoms with Gasteiger partial charge in [0.05, 0.1) is 0 Å². The lowest BCUT2D eigenvalue weighted by atomic mass is 9.77. The molecule has 1 aliphatic carbocycles. The number of hydrogen-bond donors (Lipinski definition) is 0. The Morgan fingerprint density at radius 2 is 1.61 bits per heavy atom. The first-order chi connectivity index (χ1) is 11.3. The maximum atomic E-state index is 3.27. The number of rotatable bonds is 7. The van der Waals surface area contributed by atoms with Crippen molar-refractivity contribution >= 4 is 0 Å². The van der Waals surface area contributed by atoms with Crippen LogP contribution in [0, 0.1) is 17.8 Å². The predicted molar refractivity (Wildman–Crippen MR) is 102 cm³/mol. The molecule has 0 heterocycles. The summed E-state index contributed by atoms with van der Waals surface area (Å²) in [6.45, 7) is 4.48. The summed E-state index contributed by atoms with van der Waals surface area (Å²) in [4.78, 5) is 0. The topological polar surface area (TPSA) is 0 Å². The van der Waals surface area contributed by atoms with E-state index in [-0.39, 0.29) is 0 Å². The van der Waals surface area contributed by atoms with Gasteiger partial charge in [-0.3, -0.25) is 0 Å². The predicted octanol–water partition coefficient (Wildman–Crippen LogP) is 7.08. The molecule has 2 rings (SSSR count). The van der Waals surface area contributed by atoms with E-state index in [1.807, 2.05) is 0 Å². The van der Waals surface area contributed by atoms with Gasteiger partial charge in [0.25, 0.3) is 0 Å². The van der Waals surface area contributed by atoms with Crippen LogP contribution in [0.1, 0.15) is 102 Å². The normalized spacial score (nSPS) is 20.8. The average molecular weight is 311 g/mol. The van der Waals surface area contributed by atoms with Crippen molar-refractivity contribution in [2.24, 2.45) is 5.92 Å². The summed E-state index contributed by atoms with van der Waals surface area (Å²) in [5.41, 5.74) is 2.71. The second-order valence-corrected chi connectivity index (χ2v) is 7.24. The van der Waals surface area contributed by atoms with Crippen molar-refractivity contribution < 1.29 is 0 Å². The zero-order valence-electron chi connectivity index (χ0n) is 15.2. The molecule has 0 bridgehead atoms. The highest BCUT2D eigenvalue weighted by atomic mass is 14.3. The molecule has 0 saturated heterocycles. The summed E-state index contributed by atoms with van der Waals surface area (Å²) < 4.78 is 0. The molecule has 23 heavy (non-hydrogen) atoms. The van der Waals surface area contributed by atoms with E-state index < -0.39 is 0 Å². The Balaban J connectivity index is 1.75. The fourth-order valence-electron chi connectivity index (χ4n) is 3.77. The zero-order valence-corrected chi connectivity index (χ0v) is 15.2. The standard InChI is InChI=1S/C23H34/c1-3-5-7-9-11-21-14-18-23(19-15-21)22-16-12-20(13-17-22)10-8-6-4-2/h12-13,16-17,21,23H,3-7,9,11,14-15,18-19H2,1-2H3/t21-,23-. The lowest BCUT2D eigenvalue weighted by Crippen LogP contribution is -2.13. The molecular formula is C23H34. The average Bonchev–Trinajstić information content (AvgIpc) is 2.60. The maximum Gasteiger partial charge on any atom is 0.0245 e. The molecule has 0 atom stereocenters. The van der Waals surface area contributed by atoms with Crippen LogP contribution in [-0.2, 0) is 0 Å². The van der Waals surface area contributed by atoms with E-state index in [1.54, 1.807) is 0 Å². The van der Waals surface area contributed by atoms with Crippen molar-refractivity contribution in [3.63, 3.8) is 0 Å². The van der Waals surface area contributed by atoms with Crippen LogP contribution in [0.3, 0.4) is 0 Å². The van der Waals surface area contributed by atoms with Crippen LogP contribution in [0.5, 0.6) is 0 Å². The van der Waals surface area contributed by atoms with Crippen LogP contribution in [-0.4, -0.2) is 0 Å². The van der Waals surface area contributed by atoms with Crippen molar-refractivity contribution in [1.82, 2.24) is 0 Å². The SMILES string of the molecule is CCCC#Cc1ccc([C@H]2CC[C@H](CCCCCC)CC2)cc1. The first-order valence-electron chi connectivity index (χ1n) is 9.92. The van der Waals surface area contributed by atoms with Gasteiger partial charge in [0, 0.05) is 12.0 Å². The fourth-order valence-corrected chi connectivity index (χ4v) is 3.77. The molecule has 0 aromatic heterocycles. The van der Waals surface area contributed by atoms with Gasteiger partial charge < -0.3 is 0 Å². The summed E-state index contributed by atoms with van der Waals surface area (Å²) in [7, 11) is 0. The van der Waals surface area contributed by atoms with Crippen LogP contribution >= 0.6 is 0 Å². The highest BCUT2D eigenvalue weighted by molar-refractivity contribution is 5.37. The molecule has 1 aromatic carbocycles. The zero-order chi connectivity index (χ0) is 16.3. The first-order valence-corrected chi connectivity index (χ1v) is 9.92. The highest BCUT2D eigenvalue weighted by Crippen LogP contribution is 2.37. The van der Waals surface area contributed by atoms with Gasteiger partial charge in [-0.05, 0) is 61.6 Å². The second-order valence-electron chi connectivity index (χ2n) is 7.24. The second kappa shape index (κ2) is 10.5. The van der Waals surface area contributed by atoms with Gasteiger partial charge in [-0.1, -0.05) is 69.9 Å². The third-order valence-electron chi connectivity index (χ3n) is 5.30. The molecule has 1 aromatic rings. The number of unbranched alkanes of at least 4 members (excludes halogenated alkanes) is 4. The van der Waals surface area contributed by atoms with E-state index in [1.165, 1.54) is 68.9 Å². The number of benzene rings is 1. The minimum Gasteiger partial charge on any atom is -0.0979 e. The van der Waals surface area contributed by atoms with E-state index >= 15 is 0 Å². The van der Waals surface area contributed by atoms with E-state index in [4.69, 9.17) is 0 Å². The molecule has 1 fully saturated rings. The molecule has 0 N–H and O–H groups in total. The van der Waals surface area contributed by atoms with E-state index in [2.05, 4.69) is 50.0 Å². The monoisotopic (exact) mass is 310 g/mol. The van der Waals surface area contributed by atoms with Crippen molar-refractivity contribution in [1.29, 1.82) is 0 Å². The van der Waals surface area contributed by atoms with Gasteiger partial charge in [0.1, 0.15) is 0 Å². The minimum absolute atomic E-state index is 0.791. The third-order valence-corrected chi connectivity index (χ3v) is 5.30. The third kappa shape index (κ3) is 6.42. The van der Waals surface area contributed by atoms with Crippen LogP contribution in [0.25, 0.3) is 0 Å². The van der Waals surface area contributed by atoms with Crippen LogP contribution in [0.2, 0.25) is 0 Å². The van der Waals surface area contributed by atoms with Crippen LogP contribution in [0.4, 0.5) is 0 Å². The Bertz CT molecular complexity index is 477. The first kappa shape index (κ1) is 18.1. The van der Waals surface area contributed by atoms with Crippen LogP contribution < -0.4 is 0 Å². The molecule has 0 nitrogen and oxygen atoms in total. The van der Waals surface area contributed by atoms with Crippen molar-refractivity contribution in [2.45, 2.75) is 90.4 Å². The molecule has 0 unspecified atom stereocenters. The Labute approximate surface area is 144 Å². The molecule has 0 heteroatoms. The molecule has 0 spiro atoms. The lowest BCUT2D eigenvalue weighted by molar-refractivity contribution is 0.302. The van der Waals surface area contributed by atoms with Gasteiger partial charge in [0.2, 0.25) is 0 Å². The molecule has 1 aliphatic rings. The summed E-state index contributed by atoms with van der Waals surface area (Å²) in [5, 5.41) is 0. The Kier molecular flexibility index (Phi) is 8.30. The largest absolute Gasteiger partial charge is 0.0979 e. The summed E-state index contributed by atoms with van der Waals surface area (Å²) in [6.07, 6.45) is 14.9. The molecule has 1 saturated carbocycles. The van der Waals surface area contributed by atoms with E-state index in [0.717, 1.165) is 24.7 Å².